The van der Waals surface area contributed by atoms with E-state index in [1.807, 2.05) is 6.07 Å². The van der Waals surface area contributed by atoms with Gasteiger partial charge in [0.25, 0.3) is 0 Å². The Morgan fingerprint density at radius 1 is 1.17 bits per heavy atom. The number of hydrogen-bond acceptors (Lipinski definition) is 2. The second kappa shape index (κ2) is 6.35. The molecule has 0 N–H and O–H groups in total. The first-order valence-electron chi connectivity index (χ1n) is 7.10. The molecule has 0 spiro atoms. The lowest BCUT2D eigenvalue weighted by molar-refractivity contribution is -0.160. The molecule has 2 atom stereocenters. The minimum absolute atomic E-state index is 0.0994. The van der Waals surface area contributed by atoms with Gasteiger partial charge in [-0.2, -0.15) is 0 Å². The molecule has 1 aromatic rings. The molecule has 2 nitrogen and oxygen atoms in total. The van der Waals surface area contributed by atoms with Crippen LogP contribution in [0, 0.1) is 0 Å². The quantitative estimate of drug-likeness (QED) is 0.692. The molecule has 0 amide bonds. The van der Waals surface area contributed by atoms with Crippen molar-refractivity contribution in [1.29, 1.82) is 0 Å². The van der Waals surface area contributed by atoms with Crippen LogP contribution in [-0.2, 0) is 9.47 Å². The van der Waals surface area contributed by atoms with E-state index in [2.05, 4.69) is 38.1 Å². The predicted octanol–water partition coefficient (Wildman–Crippen LogP) is 4.46. The van der Waals surface area contributed by atoms with E-state index in [1.165, 1.54) is 31.2 Å². The van der Waals surface area contributed by atoms with Crippen LogP contribution in [0.1, 0.15) is 57.6 Å². The summed E-state index contributed by atoms with van der Waals surface area (Å²) in [5.41, 5.74) is 1.22. The molecule has 1 aromatic carbocycles. The predicted molar refractivity (Wildman–Crippen MR) is 73.4 cm³/mol. The molecule has 0 radical (unpaired) electrons. The average molecular weight is 248 g/mol. The Balaban J connectivity index is 1.83. The number of hydrogen-bond donors (Lipinski definition) is 0. The maximum atomic E-state index is 6.09. The first-order chi connectivity index (χ1) is 8.73. The third-order valence-corrected chi connectivity index (χ3v) is 3.59. The van der Waals surface area contributed by atoms with Crippen LogP contribution in [0.5, 0.6) is 0 Å². The van der Waals surface area contributed by atoms with E-state index in [0.29, 0.717) is 6.61 Å². The second-order valence-corrected chi connectivity index (χ2v) is 5.27. The van der Waals surface area contributed by atoms with E-state index in [4.69, 9.17) is 9.47 Å². The van der Waals surface area contributed by atoms with E-state index < -0.39 is 0 Å². The summed E-state index contributed by atoms with van der Waals surface area (Å²) < 4.78 is 12.0. The molecule has 0 aromatic heterocycles. The van der Waals surface area contributed by atoms with E-state index in [9.17, 15) is 0 Å². The van der Waals surface area contributed by atoms with Crippen LogP contribution < -0.4 is 0 Å². The van der Waals surface area contributed by atoms with Crippen molar-refractivity contribution >= 4 is 0 Å². The van der Waals surface area contributed by atoms with Gasteiger partial charge in [-0.1, -0.05) is 56.5 Å². The minimum Gasteiger partial charge on any atom is -0.347 e. The molecular weight excluding hydrogens is 224 g/mol. The molecule has 0 saturated carbocycles. The van der Waals surface area contributed by atoms with Crippen LogP contribution in [0.25, 0.3) is 0 Å². The van der Waals surface area contributed by atoms with Crippen LogP contribution in [0.15, 0.2) is 30.3 Å². The highest BCUT2D eigenvalue weighted by Gasteiger charge is 2.37. The van der Waals surface area contributed by atoms with E-state index in [-0.39, 0.29) is 11.9 Å². The molecule has 2 rings (SSSR count). The van der Waals surface area contributed by atoms with Crippen LogP contribution in [0.3, 0.4) is 0 Å². The zero-order chi connectivity index (χ0) is 12.8. The van der Waals surface area contributed by atoms with E-state index in [1.54, 1.807) is 0 Å². The minimum atomic E-state index is -0.381. The van der Waals surface area contributed by atoms with Crippen LogP contribution in [0.2, 0.25) is 0 Å². The van der Waals surface area contributed by atoms with Gasteiger partial charge in [0.15, 0.2) is 5.79 Å². The summed E-state index contributed by atoms with van der Waals surface area (Å²) in [5, 5.41) is 0. The standard InChI is InChI=1S/C16H24O2/c1-3-4-5-9-12-16(2)17-13-15(18-16)14-10-7-6-8-11-14/h6-8,10-11,15H,3-5,9,12-13H2,1-2H3/t15-,16+/m0/s1. The largest absolute Gasteiger partial charge is 0.347 e. The number of rotatable bonds is 6. The summed E-state index contributed by atoms with van der Waals surface area (Å²) in [6.07, 6.45) is 6.13. The van der Waals surface area contributed by atoms with Gasteiger partial charge in [0.1, 0.15) is 6.10 Å². The number of ether oxygens (including phenoxy) is 2. The fraction of sp³-hybridized carbons (Fsp3) is 0.625. The Hall–Kier alpha value is -0.860. The van der Waals surface area contributed by atoms with Gasteiger partial charge < -0.3 is 9.47 Å². The highest BCUT2D eigenvalue weighted by atomic mass is 16.7. The molecule has 1 aliphatic heterocycles. The first-order valence-corrected chi connectivity index (χ1v) is 7.10. The lowest BCUT2D eigenvalue weighted by atomic mass is 10.1. The van der Waals surface area contributed by atoms with Crippen molar-refractivity contribution in [2.45, 2.75) is 57.8 Å². The van der Waals surface area contributed by atoms with Gasteiger partial charge in [-0.15, -0.1) is 0 Å². The van der Waals surface area contributed by atoms with Crippen LogP contribution in [0.4, 0.5) is 0 Å². The highest BCUT2D eigenvalue weighted by molar-refractivity contribution is 5.18. The van der Waals surface area contributed by atoms with Gasteiger partial charge in [-0.3, -0.25) is 0 Å². The monoisotopic (exact) mass is 248 g/mol. The van der Waals surface area contributed by atoms with Crippen molar-refractivity contribution in [3.8, 4) is 0 Å². The molecule has 0 bridgehead atoms. The van der Waals surface area contributed by atoms with Crippen molar-refractivity contribution in [2.24, 2.45) is 0 Å². The summed E-state index contributed by atoms with van der Waals surface area (Å²) >= 11 is 0. The van der Waals surface area contributed by atoms with Crippen molar-refractivity contribution in [2.75, 3.05) is 6.61 Å². The summed E-state index contributed by atoms with van der Waals surface area (Å²) in [7, 11) is 0. The molecule has 2 heteroatoms. The Kier molecular flexibility index (Phi) is 4.79. The molecule has 18 heavy (non-hydrogen) atoms. The van der Waals surface area contributed by atoms with Crippen molar-refractivity contribution < 1.29 is 9.47 Å². The first kappa shape index (κ1) is 13.6. The molecule has 1 aliphatic rings. The third-order valence-electron chi connectivity index (χ3n) is 3.59. The summed E-state index contributed by atoms with van der Waals surface area (Å²) in [4.78, 5) is 0. The van der Waals surface area contributed by atoms with E-state index >= 15 is 0 Å². The molecule has 0 unspecified atom stereocenters. The topological polar surface area (TPSA) is 18.5 Å². The Labute approximate surface area is 110 Å². The molecule has 100 valence electrons. The lowest BCUT2D eigenvalue weighted by Crippen LogP contribution is -2.25. The maximum Gasteiger partial charge on any atom is 0.166 e. The van der Waals surface area contributed by atoms with Crippen molar-refractivity contribution in [3.05, 3.63) is 35.9 Å². The molecular formula is C16H24O2. The fourth-order valence-corrected chi connectivity index (χ4v) is 2.46. The second-order valence-electron chi connectivity index (χ2n) is 5.27. The molecule has 1 fully saturated rings. The van der Waals surface area contributed by atoms with Crippen molar-refractivity contribution in [3.63, 3.8) is 0 Å². The van der Waals surface area contributed by atoms with Gasteiger partial charge >= 0.3 is 0 Å². The van der Waals surface area contributed by atoms with Crippen molar-refractivity contribution in [1.82, 2.24) is 0 Å². The van der Waals surface area contributed by atoms with Gasteiger partial charge in [0, 0.05) is 6.42 Å². The smallest absolute Gasteiger partial charge is 0.166 e. The Morgan fingerprint density at radius 2 is 1.94 bits per heavy atom. The summed E-state index contributed by atoms with van der Waals surface area (Å²) in [6, 6.07) is 10.3. The Bertz CT molecular complexity index is 349. The molecule has 1 saturated heterocycles. The maximum absolute atomic E-state index is 6.09. The van der Waals surface area contributed by atoms with Gasteiger partial charge in [-0.25, -0.2) is 0 Å². The highest BCUT2D eigenvalue weighted by Crippen LogP contribution is 2.36. The number of benzene rings is 1. The molecule has 1 heterocycles. The summed E-state index contributed by atoms with van der Waals surface area (Å²) in [6.45, 7) is 4.98. The zero-order valence-electron chi connectivity index (χ0n) is 11.5. The van der Waals surface area contributed by atoms with E-state index in [0.717, 1.165) is 6.42 Å². The normalized spacial score (nSPS) is 27.6. The fourth-order valence-electron chi connectivity index (χ4n) is 2.46. The Morgan fingerprint density at radius 3 is 2.67 bits per heavy atom. The zero-order valence-corrected chi connectivity index (χ0v) is 11.5. The molecule has 0 aliphatic carbocycles. The lowest BCUT2D eigenvalue weighted by Gasteiger charge is -2.23. The van der Waals surface area contributed by atoms with Gasteiger partial charge in [0.2, 0.25) is 0 Å². The number of unbranched alkanes of at least 4 members (excludes halogenated alkanes) is 3. The average Bonchev–Trinajstić information content (AvgIpc) is 2.79. The van der Waals surface area contributed by atoms with Gasteiger partial charge in [-0.05, 0) is 18.9 Å². The third kappa shape index (κ3) is 3.56. The van der Waals surface area contributed by atoms with Crippen LogP contribution >= 0.6 is 0 Å². The SMILES string of the molecule is CCCCCC[C@]1(C)OC[C@@H](c2ccccc2)O1. The summed E-state index contributed by atoms with van der Waals surface area (Å²) in [5.74, 6) is -0.381. The van der Waals surface area contributed by atoms with Crippen LogP contribution in [-0.4, -0.2) is 12.4 Å². The van der Waals surface area contributed by atoms with Gasteiger partial charge in [0.05, 0.1) is 6.61 Å².